The van der Waals surface area contributed by atoms with Gasteiger partial charge in [-0.1, -0.05) is 6.07 Å². The third kappa shape index (κ3) is 5.47. The molecule has 4 rings (SSSR count). The Morgan fingerprint density at radius 3 is 2.65 bits per heavy atom. The lowest BCUT2D eigenvalue weighted by molar-refractivity contribution is -0.132. The summed E-state index contributed by atoms with van der Waals surface area (Å²) in [6, 6.07) is 9.56. The Labute approximate surface area is 183 Å². The van der Waals surface area contributed by atoms with Crippen LogP contribution in [0.5, 0.6) is 0 Å². The molecule has 2 fully saturated rings. The largest absolute Gasteiger partial charge is 0.378 e. The van der Waals surface area contributed by atoms with Gasteiger partial charge in [0.2, 0.25) is 5.91 Å². The summed E-state index contributed by atoms with van der Waals surface area (Å²) in [5.74, 6) is 0.289. The first kappa shape index (κ1) is 21.4. The summed E-state index contributed by atoms with van der Waals surface area (Å²) in [5.41, 5.74) is 2.51. The van der Waals surface area contributed by atoms with Crippen LogP contribution in [0.2, 0.25) is 0 Å². The molecule has 2 amide bonds. The van der Waals surface area contributed by atoms with E-state index in [-0.39, 0.29) is 17.7 Å². The smallest absolute Gasteiger partial charge is 0.255 e. The van der Waals surface area contributed by atoms with Crippen molar-refractivity contribution in [3.63, 3.8) is 0 Å². The zero-order valence-electron chi connectivity index (χ0n) is 17.9. The van der Waals surface area contributed by atoms with Crippen LogP contribution in [0, 0.1) is 0 Å². The van der Waals surface area contributed by atoms with Gasteiger partial charge in [0, 0.05) is 56.6 Å². The molecule has 4 heterocycles. The lowest BCUT2D eigenvalue weighted by atomic mass is 9.90. The maximum atomic E-state index is 13.1. The molecule has 0 spiro atoms. The van der Waals surface area contributed by atoms with Gasteiger partial charge in [-0.05, 0) is 49.9 Å². The second kappa shape index (κ2) is 10.5. The number of hydrogen-bond donors (Lipinski definition) is 0. The first-order valence-electron chi connectivity index (χ1n) is 11.2. The summed E-state index contributed by atoms with van der Waals surface area (Å²) in [4.78, 5) is 38.6. The van der Waals surface area contributed by atoms with Crippen LogP contribution in [0.3, 0.4) is 0 Å². The van der Waals surface area contributed by atoms with Crippen LogP contribution in [0.1, 0.15) is 53.3 Å². The Balaban J connectivity index is 1.38. The fourth-order valence-corrected chi connectivity index (χ4v) is 4.41. The minimum Gasteiger partial charge on any atom is -0.378 e. The summed E-state index contributed by atoms with van der Waals surface area (Å²) in [7, 11) is 0. The molecule has 2 aliphatic heterocycles. The monoisotopic (exact) mass is 422 g/mol. The molecule has 2 saturated heterocycles. The summed E-state index contributed by atoms with van der Waals surface area (Å²) >= 11 is 0. The van der Waals surface area contributed by atoms with Gasteiger partial charge in [-0.15, -0.1) is 0 Å². The van der Waals surface area contributed by atoms with Crippen molar-refractivity contribution in [2.45, 2.75) is 38.0 Å². The Morgan fingerprint density at radius 2 is 1.84 bits per heavy atom. The van der Waals surface area contributed by atoms with E-state index >= 15 is 0 Å². The van der Waals surface area contributed by atoms with E-state index in [1.807, 2.05) is 40.1 Å². The highest BCUT2D eigenvalue weighted by Gasteiger charge is 2.30. The van der Waals surface area contributed by atoms with Gasteiger partial charge in [0.15, 0.2) is 0 Å². The molecule has 2 aromatic rings. The lowest BCUT2D eigenvalue weighted by Gasteiger charge is -2.34. The molecule has 31 heavy (non-hydrogen) atoms. The predicted octanol–water partition coefficient (Wildman–Crippen LogP) is 2.68. The molecule has 0 N–H and O–H groups in total. The number of pyridine rings is 2. The molecule has 164 valence electrons. The van der Waals surface area contributed by atoms with Crippen molar-refractivity contribution < 1.29 is 14.3 Å². The number of morpholine rings is 1. The van der Waals surface area contributed by atoms with Gasteiger partial charge in [-0.25, -0.2) is 0 Å². The van der Waals surface area contributed by atoms with Crippen molar-refractivity contribution in [3.05, 3.63) is 59.7 Å². The van der Waals surface area contributed by atoms with Crippen LogP contribution < -0.4 is 0 Å². The topological polar surface area (TPSA) is 75.6 Å². The van der Waals surface area contributed by atoms with Crippen LogP contribution >= 0.6 is 0 Å². The number of nitrogens with zero attached hydrogens (tertiary/aromatic N) is 4. The van der Waals surface area contributed by atoms with Crippen LogP contribution in [0.4, 0.5) is 0 Å². The highest BCUT2D eigenvalue weighted by molar-refractivity contribution is 5.95. The number of amides is 2. The van der Waals surface area contributed by atoms with Crippen molar-refractivity contribution in [3.8, 4) is 0 Å². The van der Waals surface area contributed by atoms with Crippen molar-refractivity contribution in [2.75, 3.05) is 39.4 Å². The molecule has 7 heteroatoms. The van der Waals surface area contributed by atoms with E-state index in [0.717, 1.165) is 43.6 Å². The maximum Gasteiger partial charge on any atom is 0.255 e. The van der Waals surface area contributed by atoms with Gasteiger partial charge >= 0.3 is 0 Å². The van der Waals surface area contributed by atoms with E-state index in [1.165, 1.54) is 0 Å². The minimum atomic E-state index is 0.0187. The number of piperidine rings is 1. The molecular formula is C24H30N4O3. The second-order valence-electron chi connectivity index (χ2n) is 8.19. The molecule has 0 bridgehead atoms. The van der Waals surface area contributed by atoms with E-state index in [2.05, 4.69) is 9.97 Å². The lowest BCUT2D eigenvalue weighted by Crippen LogP contribution is -2.42. The van der Waals surface area contributed by atoms with Gasteiger partial charge in [0.1, 0.15) is 0 Å². The summed E-state index contributed by atoms with van der Waals surface area (Å²) < 4.78 is 5.38. The minimum absolute atomic E-state index is 0.0187. The van der Waals surface area contributed by atoms with Gasteiger partial charge in [-0.3, -0.25) is 19.6 Å². The number of likely N-dealkylation sites (tertiary alicyclic amines) is 1. The second-order valence-corrected chi connectivity index (χ2v) is 8.19. The first-order chi connectivity index (χ1) is 15.2. The number of hydrogen-bond acceptors (Lipinski definition) is 5. The van der Waals surface area contributed by atoms with Crippen molar-refractivity contribution in [2.24, 2.45) is 0 Å². The molecule has 2 aromatic heterocycles. The molecule has 7 nitrogen and oxygen atoms in total. The number of aromatic nitrogens is 2. The van der Waals surface area contributed by atoms with Crippen LogP contribution in [0.15, 0.2) is 42.7 Å². The summed E-state index contributed by atoms with van der Waals surface area (Å²) in [6.07, 6.45) is 7.53. The Hall–Kier alpha value is -2.80. The van der Waals surface area contributed by atoms with E-state index in [9.17, 15) is 9.59 Å². The SMILES string of the molecule is O=C(CCCc1ccccn1)N1CCCC(c2ncccc2C(=O)N2CCOCC2)C1. The fraction of sp³-hybridized carbons (Fsp3) is 0.500. The molecule has 1 unspecified atom stereocenters. The van der Waals surface area contributed by atoms with E-state index in [4.69, 9.17) is 4.74 Å². The highest BCUT2D eigenvalue weighted by atomic mass is 16.5. The molecular weight excluding hydrogens is 392 g/mol. The molecule has 0 aliphatic carbocycles. The Morgan fingerprint density at radius 1 is 1.00 bits per heavy atom. The van der Waals surface area contributed by atoms with Gasteiger partial charge < -0.3 is 14.5 Å². The van der Waals surface area contributed by atoms with Crippen LogP contribution in [-0.2, 0) is 16.0 Å². The number of aryl methyl sites for hydroxylation is 1. The third-order valence-electron chi connectivity index (χ3n) is 6.08. The van der Waals surface area contributed by atoms with E-state index < -0.39 is 0 Å². The van der Waals surface area contributed by atoms with E-state index in [1.54, 1.807) is 12.4 Å². The quantitative estimate of drug-likeness (QED) is 0.715. The fourth-order valence-electron chi connectivity index (χ4n) is 4.41. The Bertz CT molecular complexity index is 883. The predicted molar refractivity (Wildman–Crippen MR) is 117 cm³/mol. The van der Waals surface area contributed by atoms with Crippen LogP contribution in [-0.4, -0.2) is 71.0 Å². The average molecular weight is 423 g/mol. The average Bonchev–Trinajstić information content (AvgIpc) is 2.85. The van der Waals surface area contributed by atoms with Crippen molar-refractivity contribution >= 4 is 11.8 Å². The number of rotatable bonds is 6. The van der Waals surface area contributed by atoms with E-state index in [0.29, 0.717) is 44.8 Å². The van der Waals surface area contributed by atoms with Gasteiger partial charge in [0.25, 0.3) is 5.91 Å². The zero-order valence-corrected chi connectivity index (χ0v) is 17.9. The number of carbonyl (C=O) groups is 2. The number of ether oxygens (including phenoxy) is 1. The maximum absolute atomic E-state index is 13.1. The third-order valence-corrected chi connectivity index (χ3v) is 6.08. The van der Waals surface area contributed by atoms with Gasteiger partial charge in [0.05, 0.1) is 24.5 Å². The molecule has 1 atom stereocenters. The van der Waals surface area contributed by atoms with Crippen LogP contribution in [0.25, 0.3) is 0 Å². The summed E-state index contributed by atoms with van der Waals surface area (Å²) in [5, 5.41) is 0. The van der Waals surface area contributed by atoms with Crippen molar-refractivity contribution in [1.29, 1.82) is 0 Å². The first-order valence-corrected chi connectivity index (χ1v) is 11.2. The normalized spacial score (nSPS) is 19.3. The Kier molecular flexibility index (Phi) is 7.25. The highest BCUT2D eigenvalue weighted by Crippen LogP contribution is 2.29. The zero-order chi connectivity index (χ0) is 21.5. The standard InChI is InChI=1S/C24H30N4O3/c29-22(10-3-8-20-7-1-2-11-25-20)28-13-5-6-19(18-28)23-21(9-4-12-26-23)24(30)27-14-16-31-17-15-27/h1-2,4,7,9,11-12,19H,3,5-6,8,10,13-18H2. The van der Waals surface area contributed by atoms with Crippen molar-refractivity contribution in [1.82, 2.24) is 19.8 Å². The molecule has 0 saturated carbocycles. The summed E-state index contributed by atoms with van der Waals surface area (Å²) in [6.45, 7) is 3.77. The molecule has 2 aliphatic rings. The molecule has 0 radical (unpaired) electrons. The number of carbonyl (C=O) groups excluding carboxylic acids is 2. The molecule has 0 aromatic carbocycles. The van der Waals surface area contributed by atoms with Gasteiger partial charge in [-0.2, -0.15) is 0 Å².